The number of carbonyl (C=O) groups is 1. The van der Waals surface area contributed by atoms with Crippen molar-refractivity contribution in [2.24, 2.45) is 0 Å². The standard InChI is InChI=1S/C17H19NO3/c1-12-5-3-4-6-16(12)18-17(20)11-21-15-9-7-14(8-10-15)13(2)19/h3-10,13,19H,11H2,1-2H3,(H,18,20)/t13-/m1/s1. The summed E-state index contributed by atoms with van der Waals surface area (Å²) in [4.78, 5) is 11.8. The second kappa shape index (κ2) is 6.90. The maximum Gasteiger partial charge on any atom is 0.262 e. The minimum atomic E-state index is -0.511. The quantitative estimate of drug-likeness (QED) is 0.887. The number of aliphatic hydroxyl groups is 1. The number of anilines is 1. The summed E-state index contributed by atoms with van der Waals surface area (Å²) in [6, 6.07) is 14.6. The maximum absolute atomic E-state index is 11.8. The van der Waals surface area contributed by atoms with E-state index in [2.05, 4.69) is 5.32 Å². The molecule has 21 heavy (non-hydrogen) atoms. The van der Waals surface area contributed by atoms with Gasteiger partial charge in [-0.15, -0.1) is 0 Å². The molecule has 0 saturated carbocycles. The van der Waals surface area contributed by atoms with Gasteiger partial charge in [-0.1, -0.05) is 30.3 Å². The Hall–Kier alpha value is -2.33. The average Bonchev–Trinajstić information content (AvgIpc) is 2.48. The first-order valence-corrected chi connectivity index (χ1v) is 6.82. The Bertz CT molecular complexity index is 606. The van der Waals surface area contributed by atoms with Gasteiger partial charge in [0.25, 0.3) is 5.91 Å². The second-order valence-corrected chi connectivity index (χ2v) is 4.90. The number of hydrogen-bond acceptors (Lipinski definition) is 3. The maximum atomic E-state index is 11.8. The molecule has 4 nitrogen and oxygen atoms in total. The molecule has 0 fully saturated rings. The molecular formula is C17H19NO3. The molecule has 110 valence electrons. The number of aliphatic hydroxyl groups excluding tert-OH is 1. The molecule has 0 aliphatic carbocycles. The summed E-state index contributed by atoms with van der Waals surface area (Å²) in [5.41, 5.74) is 2.61. The molecule has 0 bridgehead atoms. The molecule has 1 amide bonds. The number of benzene rings is 2. The van der Waals surface area contributed by atoms with Crippen molar-refractivity contribution in [2.75, 3.05) is 11.9 Å². The summed E-state index contributed by atoms with van der Waals surface area (Å²) in [6.45, 7) is 3.58. The molecule has 2 aromatic carbocycles. The van der Waals surface area contributed by atoms with E-state index < -0.39 is 6.10 Å². The summed E-state index contributed by atoms with van der Waals surface area (Å²) < 4.78 is 5.42. The van der Waals surface area contributed by atoms with Crippen LogP contribution >= 0.6 is 0 Å². The van der Waals surface area contributed by atoms with Crippen LogP contribution in [0.2, 0.25) is 0 Å². The zero-order valence-corrected chi connectivity index (χ0v) is 12.2. The summed E-state index contributed by atoms with van der Waals surface area (Å²) >= 11 is 0. The predicted octanol–water partition coefficient (Wildman–Crippen LogP) is 3.07. The molecule has 0 radical (unpaired) electrons. The third-order valence-electron chi connectivity index (χ3n) is 3.15. The van der Waals surface area contributed by atoms with Crippen molar-refractivity contribution in [3.63, 3.8) is 0 Å². The van der Waals surface area contributed by atoms with Gasteiger partial charge in [0, 0.05) is 5.69 Å². The van der Waals surface area contributed by atoms with E-state index in [1.807, 2.05) is 31.2 Å². The number of ether oxygens (including phenoxy) is 1. The molecule has 1 atom stereocenters. The van der Waals surface area contributed by atoms with E-state index in [0.29, 0.717) is 5.75 Å². The lowest BCUT2D eigenvalue weighted by Crippen LogP contribution is -2.20. The fourth-order valence-corrected chi connectivity index (χ4v) is 1.89. The van der Waals surface area contributed by atoms with Gasteiger partial charge >= 0.3 is 0 Å². The van der Waals surface area contributed by atoms with Crippen molar-refractivity contribution in [3.05, 3.63) is 59.7 Å². The van der Waals surface area contributed by atoms with Crippen LogP contribution in [-0.4, -0.2) is 17.6 Å². The topological polar surface area (TPSA) is 58.6 Å². The van der Waals surface area contributed by atoms with Crippen LogP contribution in [0.1, 0.15) is 24.2 Å². The monoisotopic (exact) mass is 285 g/mol. The van der Waals surface area contributed by atoms with E-state index in [9.17, 15) is 9.90 Å². The van der Waals surface area contributed by atoms with Crippen LogP contribution in [0, 0.1) is 6.92 Å². The van der Waals surface area contributed by atoms with Crippen LogP contribution in [0.5, 0.6) is 5.75 Å². The van der Waals surface area contributed by atoms with Gasteiger partial charge in [-0.3, -0.25) is 4.79 Å². The van der Waals surface area contributed by atoms with Crippen LogP contribution in [0.4, 0.5) is 5.69 Å². The SMILES string of the molecule is Cc1ccccc1NC(=O)COc1ccc([C@@H](C)O)cc1. The van der Waals surface area contributed by atoms with Crippen molar-refractivity contribution < 1.29 is 14.6 Å². The highest BCUT2D eigenvalue weighted by Crippen LogP contribution is 2.17. The first-order chi connectivity index (χ1) is 10.1. The Morgan fingerprint density at radius 3 is 2.48 bits per heavy atom. The molecule has 2 rings (SSSR count). The Balaban J connectivity index is 1.88. The highest BCUT2D eigenvalue weighted by molar-refractivity contribution is 5.92. The second-order valence-electron chi connectivity index (χ2n) is 4.90. The van der Waals surface area contributed by atoms with Gasteiger partial charge in [-0.05, 0) is 43.2 Å². The van der Waals surface area contributed by atoms with Crippen LogP contribution in [-0.2, 0) is 4.79 Å². The number of carbonyl (C=O) groups excluding carboxylic acids is 1. The first kappa shape index (κ1) is 15.1. The third-order valence-corrected chi connectivity index (χ3v) is 3.15. The zero-order chi connectivity index (χ0) is 15.2. The van der Waals surface area contributed by atoms with Crippen molar-refractivity contribution in [1.29, 1.82) is 0 Å². The van der Waals surface area contributed by atoms with Gasteiger partial charge in [0.05, 0.1) is 6.10 Å². The normalized spacial score (nSPS) is 11.8. The third kappa shape index (κ3) is 4.33. The summed E-state index contributed by atoms with van der Waals surface area (Å²) in [6.07, 6.45) is -0.511. The number of hydrogen-bond donors (Lipinski definition) is 2. The molecular weight excluding hydrogens is 266 g/mol. The smallest absolute Gasteiger partial charge is 0.262 e. The molecule has 0 spiro atoms. The predicted molar refractivity (Wildman–Crippen MR) is 82.4 cm³/mol. The average molecular weight is 285 g/mol. The van der Waals surface area contributed by atoms with Gasteiger partial charge in [-0.25, -0.2) is 0 Å². The molecule has 0 aliphatic heterocycles. The van der Waals surface area contributed by atoms with Gasteiger partial charge in [0.1, 0.15) is 5.75 Å². The van der Waals surface area contributed by atoms with E-state index in [1.54, 1.807) is 31.2 Å². The van der Waals surface area contributed by atoms with E-state index in [1.165, 1.54) is 0 Å². The van der Waals surface area contributed by atoms with Crippen molar-refractivity contribution >= 4 is 11.6 Å². The lowest BCUT2D eigenvalue weighted by molar-refractivity contribution is -0.118. The van der Waals surface area contributed by atoms with Gasteiger partial charge in [0.15, 0.2) is 6.61 Å². The van der Waals surface area contributed by atoms with Gasteiger partial charge in [-0.2, -0.15) is 0 Å². The largest absolute Gasteiger partial charge is 0.484 e. The molecule has 0 aliphatic rings. The minimum absolute atomic E-state index is 0.0532. The molecule has 2 N–H and O–H groups in total. The van der Waals surface area contributed by atoms with E-state index in [0.717, 1.165) is 16.8 Å². The van der Waals surface area contributed by atoms with Crippen LogP contribution in [0.25, 0.3) is 0 Å². The number of amides is 1. The Morgan fingerprint density at radius 2 is 1.86 bits per heavy atom. The van der Waals surface area contributed by atoms with Crippen LogP contribution < -0.4 is 10.1 Å². The Kier molecular flexibility index (Phi) is 4.95. The Labute approximate surface area is 124 Å². The van der Waals surface area contributed by atoms with Crippen LogP contribution in [0.3, 0.4) is 0 Å². The van der Waals surface area contributed by atoms with Gasteiger partial charge < -0.3 is 15.2 Å². The van der Waals surface area contributed by atoms with Gasteiger partial charge in [0.2, 0.25) is 0 Å². The molecule has 0 unspecified atom stereocenters. The molecule has 0 aromatic heterocycles. The minimum Gasteiger partial charge on any atom is -0.484 e. The van der Waals surface area contributed by atoms with E-state index in [4.69, 9.17) is 4.74 Å². The Morgan fingerprint density at radius 1 is 1.19 bits per heavy atom. The molecule has 4 heteroatoms. The first-order valence-electron chi connectivity index (χ1n) is 6.82. The molecule has 0 saturated heterocycles. The highest BCUT2D eigenvalue weighted by Gasteiger charge is 2.06. The van der Waals surface area contributed by atoms with Crippen LogP contribution in [0.15, 0.2) is 48.5 Å². The lowest BCUT2D eigenvalue weighted by Gasteiger charge is -2.10. The number of aryl methyl sites for hydroxylation is 1. The van der Waals surface area contributed by atoms with Crippen molar-refractivity contribution in [2.45, 2.75) is 20.0 Å². The number of para-hydroxylation sites is 1. The molecule has 0 heterocycles. The summed E-state index contributed by atoms with van der Waals surface area (Å²) in [5, 5.41) is 12.2. The fraction of sp³-hybridized carbons (Fsp3) is 0.235. The molecule has 2 aromatic rings. The van der Waals surface area contributed by atoms with Crippen molar-refractivity contribution in [1.82, 2.24) is 0 Å². The van der Waals surface area contributed by atoms with Crippen molar-refractivity contribution in [3.8, 4) is 5.75 Å². The van der Waals surface area contributed by atoms with E-state index in [-0.39, 0.29) is 12.5 Å². The fourth-order valence-electron chi connectivity index (χ4n) is 1.89. The lowest BCUT2D eigenvalue weighted by atomic mass is 10.1. The summed E-state index contributed by atoms with van der Waals surface area (Å²) in [5.74, 6) is 0.392. The summed E-state index contributed by atoms with van der Waals surface area (Å²) in [7, 11) is 0. The highest BCUT2D eigenvalue weighted by atomic mass is 16.5. The van der Waals surface area contributed by atoms with E-state index >= 15 is 0 Å². The zero-order valence-electron chi connectivity index (χ0n) is 12.2. The number of rotatable bonds is 5. The number of nitrogens with one attached hydrogen (secondary N) is 1.